The van der Waals surface area contributed by atoms with Crippen molar-refractivity contribution in [2.45, 2.75) is 11.8 Å². The quantitative estimate of drug-likeness (QED) is 0.477. The van der Waals surface area contributed by atoms with E-state index in [1.165, 1.54) is 12.1 Å². The number of halogens is 3. The van der Waals surface area contributed by atoms with E-state index in [0.717, 1.165) is 0 Å². The van der Waals surface area contributed by atoms with Crippen molar-refractivity contribution in [3.8, 4) is 6.07 Å². The summed E-state index contributed by atoms with van der Waals surface area (Å²) in [5, 5.41) is 13.0. The minimum Gasteiger partial charge on any atom is -0.341 e. The van der Waals surface area contributed by atoms with Gasteiger partial charge >= 0.3 is 0 Å². The van der Waals surface area contributed by atoms with Crippen LogP contribution in [-0.4, -0.2) is 38.6 Å². The second-order valence-corrected chi connectivity index (χ2v) is 8.29. The summed E-state index contributed by atoms with van der Waals surface area (Å²) < 4.78 is 65.4. The van der Waals surface area contributed by atoms with Crippen molar-refractivity contribution in [2.24, 2.45) is 0 Å². The highest BCUT2D eigenvalue weighted by atomic mass is 32.2. The van der Waals surface area contributed by atoms with Gasteiger partial charge in [0.1, 0.15) is 18.4 Å². The Morgan fingerprint density at radius 2 is 1.77 bits per heavy atom. The highest BCUT2D eigenvalue weighted by molar-refractivity contribution is 7.90. The van der Waals surface area contributed by atoms with Crippen molar-refractivity contribution in [1.29, 1.82) is 5.26 Å². The minimum atomic E-state index is -4.32. The molecule has 2 aromatic carbocycles. The molecule has 30 heavy (non-hydrogen) atoms. The maximum absolute atomic E-state index is 13.8. The van der Waals surface area contributed by atoms with Crippen molar-refractivity contribution < 1.29 is 31.2 Å². The number of sulfone groups is 1. The van der Waals surface area contributed by atoms with E-state index in [1.807, 2.05) is 0 Å². The van der Waals surface area contributed by atoms with Crippen molar-refractivity contribution >= 4 is 21.7 Å². The van der Waals surface area contributed by atoms with Gasteiger partial charge in [0.05, 0.1) is 17.6 Å². The van der Waals surface area contributed by atoms with Crippen molar-refractivity contribution in [2.75, 3.05) is 12.3 Å². The Morgan fingerprint density at radius 1 is 1.10 bits per heavy atom. The van der Waals surface area contributed by atoms with E-state index in [4.69, 9.17) is 5.26 Å². The van der Waals surface area contributed by atoms with E-state index >= 15 is 0 Å². The lowest BCUT2D eigenvalue weighted by Crippen LogP contribution is -2.50. The van der Waals surface area contributed by atoms with Crippen LogP contribution < -0.4 is 10.6 Å². The molecule has 0 saturated carbocycles. The summed E-state index contributed by atoms with van der Waals surface area (Å²) in [6.45, 7) is -0.444. The van der Waals surface area contributed by atoms with Gasteiger partial charge in [-0.25, -0.2) is 21.6 Å². The molecule has 0 spiro atoms. The van der Waals surface area contributed by atoms with Crippen LogP contribution in [0.15, 0.2) is 42.5 Å². The van der Waals surface area contributed by atoms with E-state index in [2.05, 4.69) is 10.6 Å². The molecule has 0 aliphatic heterocycles. The fourth-order valence-electron chi connectivity index (χ4n) is 2.53. The molecule has 0 saturated heterocycles. The number of nitriles is 1. The van der Waals surface area contributed by atoms with Crippen LogP contribution in [0.4, 0.5) is 13.2 Å². The van der Waals surface area contributed by atoms with Gasteiger partial charge in [-0.2, -0.15) is 5.26 Å². The predicted octanol–water partition coefficient (Wildman–Crippen LogP) is 1.46. The SMILES string of the molecule is N#CCNC(=O)C(CS(=O)(=O)Cc1cc(F)cc(F)c1F)NC(=O)c1ccccc1. The number of rotatable bonds is 8. The van der Waals surface area contributed by atoms with Crippen LogP contribution in [0, 0.1) is 28.8 Å². The average molecular weight is 439 g/mol. The number of hydrogen-bond acceptors (Lipinski definition) is 5. The Morgan fingerprint density at radius 3 is 2.40 bits per heavy atom. The Labute approximate surface area is 170 Å². The third-order valence-electron chi connectivity index (χ3n) is 3.86. The van der Waals surface area contributed by atoms with Gasteiger partial charge in [0.25, 0.3) is 5.91 Å². The average Bonchev–Trinajstić information content (AvgIpc) is 2.69. The minimum absolute atomic E-state index is 0.145. The van der Waals surface area contributed by atoms with Crippen LogP contribution >= 0.6 is 0 Å². The molecule has 158 valence electrons. The second-order valence-electron chi connectivity index (χ2n) is 6.18. The lowest BCUT2D eigenvalue weighted by molar-refractivity contribution is -0.122. The number of nitrogens with one attached hydrogen (secondary N) is 2. The molecule has 0 heterocycles. The molecule has 0 radical (unpaired) electrons. The highest BCUT2D eigenvalue weighted by Gasteiger charge is 2.29. The molecule has 2 aromatic rings. The summed E-state index contributed by atoms with van der Waals surface area (Å²) in [5.74, 6) is -8.06. The number of benzene rings is 2. The van der Waals surface area contributed by atoms with E-state index in [1.54, 1.807) is 24.3 Å². The fourth-order valence-corrected chi connectivity index (χ4v) is 4.07. The molecule has 0 aliphatic carbocycles. The summed E-state index contributed by atoms with van der Waals surface area (Å²) >= 11 is 0. The number of nitrogens with zero attached hydrogens (tertiary/aromatic N) is 1. The molecule has 1 unspecified atom stereocenters. The first-order chi connectivity index (χ1) is 14.1. The fraction of sp³-hybridized carbons (Fsp3) is 0.211. The van der Waals surface area contributed by atoms with Crippen LogP contribution in [0.3, 0.4) is 0 Å². The molecular formula is C19H16F3N3O4S. The molecule has 1 atom stereocenters. The lowest BCUT2D eigenvalue weighted by Gasteiger charge is -2.18. The van der Waals surface area contributed by atoms with Gasteiger partial charge < -0.3 is 10.6 Å². The van der Waals surface area contributed by atoms with Gasteiger partial charge in [-0.3, -0.25) is 9.59 Å². The topological polar surface area (TPSA) is 116 Å². The summed E-state index contributed by atoms with van der Waals surface area (Å²) in [6, 6.07) is 8.41. The number of carbonyl (C=O) groups excluding carboxylic acids is 2. The summed E-state index contributed by atoms with van der Waals surface area (Å²) in [5.41, 5.74) is -0.607. The largest absolute Gasteiger partial charge is 0.341 e. The van der Waals surface area contributed by atoms with E-state index < -0.39 is 68.8 Å². The standard InChI is InChI=1S/C19H16F3N3O4S/c20-14-8-13(17(22)15(21)9-14)10-30(28,29)11-16(19(27)24-7-6-23)25-18(26)12-4-2-1-3-5-12/h1-5,8-9,16H,7,10-11H2,(H,24,27)(H,25,26). The smallest absolute Gasteiger partial charge is 0.251 e. The second kappa shape index (κ2) is 9.89. The van der Waals surface area contributed by atoms with Crippen LogP contribution in [0.5, 0.6) is 0 Å². The number of amides is 2. The van der Waals surface area contributed by atoms with Gasteiger partial charge in [-0.1, -0.05) is 18.2 Å². The van der Waals surface area contributed by atoms with Crippen LogP contribution in [0.25, 0.3) is 0 Å². The van der Waals surface area contributed by atoms with Gasteiger partial charge in [0, 0.05) is 17.2 Å². The third kappa shape index (κ3) is 6.31. The molecule has 0 fully saturated rings. The molecule has 2 rings (SSSR count). The molecule has 2 N–H and O–H groups in total. The molecular weight excluding hydrogens is 423 g/mol. The normalized spacial score (nSPS) is 11.9. The van der Waals surface area contributed by atoms with Gasteiger partial charge in [0.15, 0.2) is 21.5 Å². The molecule has 0 aliphatic rings. The molecule has 11 heteroatoms. The van der Waals surface area contributed by atoms with Gasteiger partial charge in [-0.15, -0.1) is 0 Å². The molecule has 0 bridgehead atoms. The van der Waals surface area contributed by atoms with Gasteiger partial charge in [-0.05, 0) is 18.2 Å². The first-order valence-corrected chi connectivity index (χ1v) is 10.3. The van der Waals surface area contributed by atoms with E-state index in [0.29, 0.717) is 6.07 Å². The Bertz CT molecular complexity index is 1090. The molecule has 2 amide bonds. The summed E-state index contributed by atoms with van der Waals surface area (Å²) in [6.07, 6.45) is 0. The zero-order chi connectivity index (χ0) is 22.3. The number of hydrogen-bond donors (Lipinski definition) is 2. The summed E-state index contributed by atoms with van der Waals surface area (Å²) in [4.78, 5) is 24.5. The van der Waals surface area contributed by atoms with E-state index in [9.17, 15) is 31.2 Å². The maximum Gasteiger partial charge on any atom is 0.251 e. The monoisotopic (exact) mass is 439 g/mol. The van der Waals surface area contributed by atoms with Gasteiger partial charge in [0.2, 0.25) is 5.91 Å². The van der Waals surface area contributed by atoms with Crippen LogP contribution in [0.2, 0.25) is 0 Å². The highest BCUT2D eigenvalue weighted by Crippen LogP contribution is 2.17. The Kier molecular flexibility index (Phi) is 7.54. The van der Waals surface area contributed by atoms with E-state index in [-0.39, 0.29) is 11.6 Å². The number of carbonyl (C=O) groups is 2. The Balaban J connectivity index is 2.24. The van der Waals surface area contributed by atoms with Crippen LogP contribution in [0.1, 0.15) is 15.9 Å². The maximum atomic E-state index is 13.8. The van der Waals surface area contributed by atoms with Crippen LogP contribution in [-0.2, 0) is 20.4 Å². The third-order valence-corrected chi connectivity index (χ3v) is 5.46. The first-order valence-electron chi connectivity index (χ1n) is 8.47. The van der Waals surface area contributed by atoms with Crippen molar-refractivity contribution in [3.63, 3.8) is 0 Å². The first kappa shape index (κ1) is 22.9. The molecule has 7 nitrogen and oxygen atoms in total. The van der Waals surface area contributed by atoms with Crippen molar-refractivity contribution in [1.82, 2.24) is 10.6 Å². The summed E-state index contributed by atoms with van der Waals surface area (Å²) in [7, 11) is -4.32. The lowest BCUT2D eigenvalue weighted by atomic mass is 10.2. The zero-order valence-electron chi connectivity index (χ0n) is 15.4. The Hall–Kier alpha value is -3.39. The molecule has 0 aromatic heterocycles. The van der Waals surface area contributed by atoms with Crippen molar-refractivity contribution in [3.05, 3.63) is 71.0 Å². The predicted molar refractivity (Wildman–Crippen MR) is 100 cm³/mol. The zero-order valence-corrected chi connectivity index (χ0v) is 16.2.